The maximum absolute atomic E-state index is 13.0. The molecule has 152 valence electrons. The fourth-order valence-corrected chi connectivity index (χ4v) is 4.43. The number of halogens is 1. The zero-order chi connectivity index (χ0) is 20.4. The van der Waals surface area contributed by atoms with E-state index in [9.17, 15) is 9.59 Å². The lowest BCUT2D eigenvalue weighted by Crippen LogP contribution is -2.32. The SMILES string of the molecule is O=C(O)CC1CCC(c2ccc(N3CCOc4ncnc(Cl)c4C3=O)cc2)CC1. The summed E-state index contributed by atoms with van der Waals surface area (Å²) in [5.41, 5.74) is 2.19. The van der Waals surface area contributed by atoms with Gasteiger partial charge in [0.1, 0.15) is 23.7 Å². The largest absolute Gasteiger partial charge is 0.481 e. The van der Waals surface area contributed by atoms with Crippen molar-refractivity contribution >= 4 is 29.2 Å². The van der Waals surface area contributed by atoms with Crippen LogP contribution in [0.2, 0.25) is 5.15 Å². The number of nitrogens with zero attached hydrogens (tertiary/aromatic N) is 3. The Balaban J connectivity index is 1.48. The fraction of sp³-hybridized carbons (Fsp3) is 0.429. The Morgan fingerprint density at radius 2 is 1.90 bits per heavy atom. The van der Waals surface area contributed by atoms with E-state index in [4.69, 9.17) is 21.4 Å². The van der Waals surface area contributed by atoms with Crippen LogP contribution >= 0.6 is 11.6 Å². The number of hydrogen-bond acceptors (Lipinski definition) is 5. The fourth-order valence-electron chi connectivity index (χ4n) is 4.23. The minimum atomic E-state index is -0.712. The first-order valence-electron chi connectivity index (χ1n) is 9.80. The van der Waals surface area contributed by atoms with Gasteiger partial charge in [-0.2, -0.15) is 0 Å². The average Bonchev–Trinajstić information content (AvgIpc) is 2.88. The van der Waals surface area contributed by atoms with E-state index in [2.05, 4.69) is 22.1 Å². The molecule has 8 heteroatoms. The molecule has 4 rings (SSSR count). The molecule has 2 aromatic rings. The number of carbonyl (C=O) groups excluding carboxylic acids is 1. The topological polar surface area (TPSA) is 92.6 Å². The van der Waals surface area contributed by atoms with Crippen LogP contribution in [0.3, 0.4) is 0 Å². The van der Waals surface area contributed by atoms with E-state index in [0.29, 0.717) is 19.1 Å². The molecule has 0 radical (unpaired) electrons. The third kappa shape index (κ3) is 4.19. The molecule has 1 aliphatic heterocycles. The van der Waals surface area contributed by atoms with Gasteiger partial charge in [-0.25, -0.2) is 9.97 Å². The highest BCUT2D eigenvalue weighted by Crippen LogP contribution is 2.38. The lowest BCUT2D eigenvalue weighted by molar-refractivity contribution is -0.138. The summed E-state index contributed by atoms with van der Waals surface area (Å²) in [4.78, 5) is 33.5. The van der Waals surface area contributed by atoms with Crippen LogP contribution in [-0.4, -0.2) is 40.1 Å². The number of aliphatic carboxylic acids is 1. The van der Waals surface area contributed by atoms with Crippen molar-refractivity contribution in [3.63, 3.8) is 0 Å². The number of fused-ring (bicyclic) bond motifs is 1. The second kappa shape index (κ2) is 8.37. The first-order valence-corrected chi connectivity index (χ1v) is 10.2. The molecule has 7 nitrogen and oxygen atoms in total. The molecule has 1 aromatic heterocycles. The third-order valence-corrected chi connectivity index (χ3v) is 6.05. The number of aromatic nitrogens is 2. The van der Waals surface area contributed by atoms with E-state index in [0.717, 1.165) is 31.4 Å². The Morgan fingerprint density at radius 1 is 1.17 bits per heavy atom. The van der Waals surface area contributed by atoms with E-state index >= 15 is 0 Å². The molecule has 1 fully saturated rings. The van der Waals surface area contributed by atoms with E-state index in [-0.39, 0.29) is 34.8 Å². The van der Waals surface area contributed by atoms with Gasteiger partial charge in [0.15, 0.2) is 0 Å². The van der Waals surface area contributed by atoms with Gasteiger partial charge < -0.3 is 14.7 Å². The molecule has 1 aliphatic carbocycles. The number of rotatable bonds is 4. The van der Waals surface area contributed by atoms with Gasteiger partial charge in [0, 0.05) is 12.1 Å². The van der Waals surface area contributed by atoms with E-state index in [1.165, 1.54) is 11.9 Å². The van der Waals surface area contributed by atoms with Gasteiger partial charge in [-0.3, -0.25) is 9.59 Å². The van der Waals surface area contributed by atoms with Crippen molar-refractivity contribution < 1.29 is 19.4 Å². The second-order valence-electron chi connectivity index (χ2n) is 7.56. The van der Waals surface area contributed by atoms with Crippen molar-refractivity contribution in [3.05, 3.63) is 46.9 Å². The molecular formula is C21H22ClN3O4. The first kappa shape index (κ1) is 19.6. The van der Waals surface area contributed by atoms with Gasteiger partial charge >= 0.3 is 5.97 Å². The van der Waals surface area contributed by atoms with Crippen LogP contribution in [0.25, 0.3) is 0 Å². The van der Waals surface area contributed by atoms with Crippen LogP contribution in [0.1, 0.15) is 53.9 Å². The summed E-state index contributed by atoms with van der Waals surface area (Å²) in [7, 11) is 0. The molecule has 2 heterocycles. The van der Waals surface area contributed by atoms with Crippen LogP contribution in [0.5, 0.6) is 5.88 Å². The number of benzene rings is 1. The van der Waals surface area contributed by atoms with Crippen molar-refractivity contribution in [1.82, 2.24) is 9.97 Å². The zero-order valence-electron chi connectivity index (χ0n) is 15.9. The molecule has 2 aliphatic rings. The monoisotopic (exact) mass is 415 g/mol. The Morgan fingerprint density at radius 3 is 2.59 bits per heavy atom. The Labute approximate surface area is 173 Å². The minimum absolute atomic E-state index is 0.0849. The number of ether oxygens (including phenoxy) is 1. The van der Waals surface area contributed by atoms with Crippen molar-refractivity contribution in [1.29, 1.82) is 0 Å². The normalized spacial score (nSPS) is 21.8. The van der Waals surface area contributed by atoms with Crippen molar-refractivity contribution in [3.8, 4) is 5.88 Å². The van der Waals surface area contributed by atoms with Gasteiger partial charge in [0.2, 0.25) is 5.88 Å². The van der Waals surface area contributed by atoms with Crippen LogP contribution in [-0.2, 0) is 4.79 Å². The van der Waals surface area contributed by atoms with Gasteiger partial charge in [0.25, 0.3) is 5.91 Å². The molecule has 1 aromatic carbocycles. The maximum Gasteiger partial charge on any atom is 0.303 e. The minimum Gasteiger partial charge on any atom is -0.481 e. The van der Waals surface area contributed by atoms with Gasteiger partial charge in [-0.15, -0.1) is 0 Å². The molecular weight excluding hydrogens is 394 g/mol. The predicted octanol–water partition coefficient (Wildman–Crippen LogP) is 3.92. The van der Waals surface area contributed by atoms with Crippen LogP contribution in [0, 0.1) is 5.92 Å². The lowest BCUT2D eigenvalue weighted by Gasteiger charge is -2.28. The van der Waals surface area contributed by atoms with Crippen LogP contribution < -0.4 is 9.64 Å². The van der Waals surface area contributed by atoms with E-state index in [1.54, 1.807) is 4.90 Å². The van der Waals surface area contributed by atoms with E-state index in [1.807, 2.05) is 12.1 Å². The average molecular weight is 416 g/mol. The first-order chi connectivity index (χ1) is 14.0. The summed E-state index contributed by atoms with van der Waals surface area (Å²) in [5, 5.41) is 9.05. The maximum atomic E-state index is 13.0. The number of carbonyl (C=O) groups is 2. The van der Waals surface area contributed by atoms with Gasteiger partial charge in [-0.1, -0.05) is 23.7 Å². The van der Waals surface area contributed by atoms with Crippen molar-refractivity contribution in [2.24, 2.45) is 5.92 Å². The predicted molar refractivity (Wildman–Crippen MR) is 108 cm³/mol. The molecule has 0 bridgehead atoms. The van der Waals surface area contributed by atoms with E-state index < -0.39 is 5.97 Å². The number of carboxylic acids is 1. The molecule has 29 heavy (non-hydrogen) atoms. The van der Waals surface area contributed by atoms with Crippen LogP contribution in [0.4, 0.5) is 5.69 Å². The number of anilines is 1. The number of hydrogen-bond donors (Lipinski definition) is 1. The zero-order valence-corrected chi connectivity index (χ0v) is 16.6. The summed E-state index contributed by atoms with van der Waals surface area (Å²) >= 11 is 6.12. The smallest absolute Gasteiger partial charge is 0.303 e. The highest BCUT2D eigenvalue weighted by molar-refractivity contribution is 6.33. The molecule has 0 spiro atoms. The van der Waals surface area contributed by atoms with Crippen LogP contribution in [0.15, 0.2) is 30.6 Å². The summed E-state index contributed by atoms with van der Waals surface area (Å²) < 4.78 is 5.57. The summed E-state index contributed by atoms with van der Waals surface area (Å²) in [5.74, 6) is -0.0566. The number of amides is 1. The Bertz CT molecular complexity index is 911. The lowest BCUT2D eigenvalue weighted by atomic mass is 9.77. The molecule has 0 atom stereocenters. The van der Waals surface area contributed by atoms with Gasteiger partial charge in [0.05, 0.1) is 6.54 Å². The second-order valence-corrected chi connectivity index (χ2v) is 7.91. The highest BCUT2D eigenvalue weighted by atomic mass is 35.5. The molecule has 1 N–H and O–H groups in total. The highest BCUT2D eigenvalue weighted by Gasteiger charge is 2.29. The number of carboxylic acid groups (broad SMARTS) is 1. The molecule has 0 saturated heterocycles. The third-order valence-electron chi connectivity index (χ3n) is 5.77. The van der Waals surface area contributed by atoms with Crippen molar-refractivity contribution in [2.45, 2.75) is 38.0 Å². The summed E-state index contributed by atoms with van der Waals surface area (Å²) in [6.45, 7) is 0.715. The molecule has 1 saturated carbocycles. The standard InChI is InChI=1S/C21H22ClN3O4/c22-19-18-20(24-12-23-19)29-10-9-25(21(18)28)16-7-5-15(6-8-16)14-3-1-13(2-4-14)11-17(26)27/h5-8,12-14H,1-4,9-11H2,(H,26,27). The van der Waals surface area contributed by atoms with Gasteiger partial charge in [-0.05, 0) is 55.2 Å². The Kier molecular flexibility index (Phi) is 5.67. The van der Waals surface area contributed by atoms with Crippen molar-refractivity contribution in [2.75, 3.05) is 18.1 Å². The summed E-state index contributed by atoms with van der Waals surface area (Å²) in [6.07, 6.45) is 5.41. The Hall–Kier alpha value is -2.67. The molecule has 1 amide bonds. The quantitative estimate of drug-likeness (QED) is 0.761. The molecule has 0 unspecified atom stereocenters. The summed E-state index contributed by atoms with van der Waals surface area (Å²) in [6, 6.07) is 8.00.